The Morgan fingerprint density at radius 1 is 1.05 bits per heavy atom. The third-order valence-corrected chi connectivity index (χ3v) is 3.03. The van der Waals surface area contributed by atoms with Crippen molar-refractivity contribution >= 4 is 17.9 Å². The molecule has 2 aromatic carbocycles. The zero-order valence-corrected chi connectivity index (χ0v) is 12.0. The van der Waals surface area contributed by atoms with Gasteiger partial charge in [0, 0.05) is 11.1 Å². The Labute approximate surface area is 123 Å². The van der Waals surface area contributed by atoms with Crippen LogP contribution in [0.3, 0.4) is 0 Å². The van der Waals surface area contributed by atoms with Gasteiger partial charge in [-0.2, -0.15) is 5.10 Å². The minimum atomic E-state index is -0.329. The van der Waals surface area contributed by atoms with E-state index < -0.39 is 0 Å². The van der Waals surface area contributed by atoms with Crippen molar-refractivity contribution in [2.24, 2.45) is 5.10 Å². The van der Waals surface area contributed by atoms with Gasteiger partial charge in [-0.3, -0.25) is 9.59 Å². The molecule has 1 amide bonds. The second-order valence-electron chi connectivity index (χ2n) is 4.75. The SMILES string of the molecule is Cc1ccc(C(=O)NN=CC(=O)c2ccccc2)c(C)c1. The number of hydrogen-bond acceptors (Lipinski definition) is 3. The van der Waals surface area contributed by atoms with Crippen LogP contribution < -0.4 is 5.43 Å². The number of Topliss-reactive ketones (excluding diaryl/α,β-unsaturated/α-hetero) is 1. The van der Waals surface area contributed by atoms with Gasteiger partial charge in [0.05, 0.1) is 6.21 Å². The molecule has 0 aromatic heterocycles. The molecule has 2 rings (SSSR count). The number of hydrogen-bond donors (Lipinski definition) is 1. The molecule has 2 aromatic rings. The topological polar surface area (TPSA) is 58.5 Å². The lowest BCUT2D eigenvalue weighted by molar-refractivity contribution is 0.0954. The lowest BCUT2D eigenvalue weighted by Crippen LogP contribution is -2.19. The molecule has 0 unspecified atom stereocenters. The van der Waals surface area contributed by atoms with E-state index in [-0.39, 0.29) is 11.7 Å². The number of nitrogens with one attached hydrogen (secondary N) is 1. The highest BCUT2D eigenvalue weighted by Crippen LogP contribution is 2.10. The number of rotatable bonds is 4. The van der Waals surface area contributed by atoms with Gasteiger partial charge in [-0.15, -0.1) is 0 Å². The second-order valence-corrected chi connectivity index (χ2v) is 4.75. The maximum Gasteiger partial charge on any atom is 0.271 e. The van der Waals surface area contributed by atoms with Crippen molar-refractivity contribution in [1.82, 2.24) is 5.43 Å². The monoisotopic (exact) mass is 280 g/mol. The van der Waals surface area contributed by atoms with E-state index in [0.29, 0.717) is 11.1 Å². The van der Waals surface area contributed by atoms with E-state index in [9.17, 15) is 9.59 Å². The number of amides is 1. The summed E-state index contributed by atoms with van der Waals surface area (Å²) >= 11 is 0. The molecule has 0 bridgehead atoms. The smallest absolute Gasteiger partial charge is 0.271 e. The molecule has 0 spiro atoms. The van der Waals surface area contributed by atoms with Crippen molar-refractivity contribution in [3.05, 3.63) is 70.8 Å². The first-order valence-corrected chi connectivity index (χ1v) is 6.58. The van der Waals surface area contributed by atoms with Gasteiger partial charge in [-0.1, -0.05) is 48.0 Å². The zero-order chi connectivity index (χ0) is 15.2. The van der Waals surface area contributed by atoms with Crippen LogP contribution >= 0.6 is 0 Å². The lowest BCUT2D eigenvalue weighted by atomic mass is 10.1. The molecular formula is C17H16N2O2. The second kappa shape index (κ2) is 6.61. The van der Waals surface area contributed by atoms with Gasteiger partial charge in [-0.05, 0) is 25.5 Å². The number of ketones is 1. The van der Waals surface area contributed by atoms with Crippen LogP contribution in [0.4, 0.5) is 0 Å². The number of carbonyl (C=O) groups excluding carboxylic acids is 2. The highest BCUT2D eigenvalue weighted by molar-refractivity contribution is 6.35. The maximum absolute atomic E-state index is 12.0. The lowest BCUT2D eigenvalue weighted by Gasteiger charge is -2.04. The molecule has 1 N–H and O–H groups in total. The number of carbonyl (C=O) groups is 2. The molecule has 0 radical (unpaired) electrons. The van der Waals surface area contributed by atoms with E-state index >= 15 is 0 Å². The quantitative estimate of drug-likeness (QED) is 0.532. The molecule has 0 saturated carbocycles. The Balaban J connectivity index is 2.01. The average Bonchev–Trinajstić information content (AvgIpc) is 2.47. The summed E-state index contributed by atoms with van der Waals surface area (Å²) in [6, 6.07) is 14.3. The van der Waals surface area contributed by atoms with Crippen molar-refractivity contribution in [3.8, 4) is 0 Å². The van der Waals surface area contributed by atoms with E-state index in [1.165, 1.54) is 0 Å². The van der Waals surface area contributed by atoms with Gasteiger partial charge in [0.2, 0.25) is 5.78 Å². The summed E-state index contributed by atoms with van der Waals surface area (Å²) in [5.74, 6) is -0.582. The van der Waals surface area contributed by atoms with Crippen LogP contribution in [0.2, 0.25) is 0 Å². The van der Waals surface area contributed by atoms with Crippen LogP contribution in [0.5, 0.6) is 0 Å². The molecule has 106 valence electrons. The van der Waals surface area contributed by atoms with Crippen molar-refractivity contribution in [2.75, 3.05) is 0 Å². The summed E-state index contributed by atoms with van der Waals surface area (Å²) in [6.45, 7) is 3.83. The van der Waals surface area contributed by atoms with Gasteiger partial charge in [0.1, 0.15) is 0 Å². The molecule has 0 fully saturated rings. The largest absolute Gasteiger partial charge is 0.287 e. The molecular weight excluding hydrogens is 264 g/mol. The number of hydrazone groups is 1. The van der Waals surface area contributed by atoms with Crippen LogP contribution in [0.1, 0.15) is 31.8 Å². The predicted molar refractivity (Wildman–Crippen MR) is 82.6 cm³/mol. The van der Waals surface area contributed by atoms with E-state index in [1.54, 1.807) is 30.3 Å². The molecule has 0 aliphatic carbocycles. The summed E-state index contributed by atoms with van der Waals surface area (Å²) in [7, 11) is 0. The van der Waals surface area contributed by atoms with E-state index in [4.69, 9.17) is 0 Å². The molecule has 0 saturated heterocycles. The van der Waals surface area contributed by atoms with Gasteiger partial charge in [0.25, 0.3) is 5.91 Å². The van der Waals surface area contributed by atoms with Crippen molar-refractivity contribution in [3.63, 3.8) is 0 Å². The molecule has 0 aliphatic heterocycles. The van der Waals surface area contributed by atoms with Crippen LogP contribution in [-0.4, -0.2) is 17.9 Å². The first-order valence-electron chi connectivity index (χ1n) is 6.58. The number of benzene rings is 2. The van der Waals surface area contributed by atoms with Gasteiger partial charge < -0.3 is 0 Å². The van der Waals surface area contributed by atoms with Gasteiger partial charge in [-0.25, -0.2) is 5.43 Å². The molecule has 4 heteroatoms. The molecule has 0 heterocycles. The fourth-order valence-corrected chi connectivity index (χ4v) is 1.96. The molecule has 0 aliphatic rings. The van der Waals surface area contributed by atoms with Crippen LogP contribution in [-0.2, 0) is 0 Å². The van der Waals surface area contributed by atoms with Crippen LogP contribution in [0.15, 0.2) is 53.6 Å². The highest BCUT2D eigenvalue weighted by Gasteiger charge is 2.08. The number of aryl methyl sites for hydroxylation is 2. The summed E-state index contributed by atoms with van der Waals surface area (Å²) < 4.78 is 0. The summed E-state index contributed by atoms with van der Waals surface area (Å²) in [5.41, 5.74) is 5.41. The maximum atomic E-state index is 12.0. The number of nitrogens with zero attached hydrogens (tertiary/aromatic N) is 1. The van der Waals surface area contributed by atoms with Crippen LogP contribution in [0, 0.1) is 13.8 Å². The van der Waals surface area contributed by atoms with Gasteiger partial charge >= 0.3 is 0 Å². The fourth-order valence-electron chi connectivity index (χ4n) is 1.96. The molecule has 4 nitrogen and oxygen atoms in total. The summed E-state index contributed by atoms with van der Waals surface area (Å²) in [5, 5.41) is 3.71. The van der Waals surface area contributed by atoms with Crippen molar-refractivity contribution in [1.29, 1.82) is 0 Å². The fraction of sp³-hybridized carbons (Fsp3) is 0.118. The predicted octanol–water partition coefficient (Wildman–Crippen LogP) is 2.90. The average molecular weight is 280 g/mol. The van der Waals surface area contributed by atoms with E-state index in [1.807, 2.05) is 32.0 Å². The first kappa shape index (κ1) is 14.7. The third-order valence-electron chi connectivity index (χ3n) is 3.03. The van der Waals surface area contributed by atoms with E-state index in [0.717, 1.165) is 17.3 Å². The Bertz CT molecular complexity index is 691. The van der Waals surface area contributed by atoms with Crippen molar-refractivity contribution < 1.29 is 9.59 Å². The summed E-state index contributed by atoms with van der Waals surface area (Å²) in [6.07, 6.45) is 1.11. The van der Waals surface area contributed by atoms with Gasteiger partial charge in [0.15, 0.2) is 0 Å². The third kappa shape index (κ3) is 3.86. The highest BCUT2D eigenvalue weighted by atomic mass is 16.2. The van der Waals surface area contributed by atoms with E-state index in [2.05, 4.69) is 10.5 Å². The Morgan fingerprint density at radius 3 is 2.43 bits per heavy atom. The Hall–Kier alpha value is -2.75. The minimum Gasteiger partial charge on any atom is -0.287 e. The molecule has 21 heavy (non-hydrogen) atoms. The van der Waals surface area contributed by atoms with Crippen LogP contribution in [0.25, 0.3) is 0 Å². The standard InChI is InChI=1S/C17H16N2O2/c1-12-8-9-15(13(2)10-12)17(21)19-18-11-16(20)14-6-4-3-5-7-14/h3-11H,1-2H3,(H,19,21). The molecule has 0 atom stereocenters. The minimum absolute atomic E-state index is 0.253. The first-order chi connectivity index (χ1) is 10.1. The zero-order valence-electron chi connectivity index (χ0n) is 12.0. The summed E-state index contributed by atoms with van der Waals surface area (Å²) in [4.78, 5) is 23.7. The van der Waals surface area contributed by atoms with Crippen molar-refractivity contribution in [2.45, 2.75) is 13.8 Å². The normalized spacial score (nSPS) is 10.6. The Morgan fingerprint density at radius 2 is 1.76 bits per heavy atom. The Kier molecular flexibility index (Phi) is 4.61.